The molecule has 6 heteroatoms. The van der Waals surface area contributed by atoms with E-state index in [0.717, 1.165) is 16.8 Å². The van der Waals surface area contributed by atoms with Crippen LogP contribution in [0, 0.1) is 0 Å². The molecule has 144 valence electrons. The topological polar surface area (TPSA) is 66.9 Å². The summed E-state index contributed by atoms with van der Waals surface area (Å²) in [5.74, 6) is 0.125. The molecule has 2 aromatic carbocycles. The van der Waals surface area contributed by atoms with Crippen molar-refractivity contribution in [1.82, 2.24) is 9.97 Å². The summed E-state index contributed by atoms with van der Waals surface area (Å²) in [5, 5.41) is 6.79. The van der Waals surface area contributed by atoms with Crippen LogP contribution in [0.2, 0.25) is 5.02 Å². The van der Waals surface area contributed by atoms with Gasteiger partial charge in [0.15, 0.2) is 0 Å². The number of carbonyl (C=O) groups is 1. The standard InChI is InChI=1S/C22H23ClN4O/c1-22(2,3)17-6-4-5-7-18(17)26-20(28)19-12-13-24-21(27-19)25-14-15-8-10-16(23)11-9-15/h4-13H,14H2,1-3H3,(H,26,28)(H,24,25,27). The van der Waals surface area contributed by atoms with Crippen molar-refractivity contribution in [3.63, 3.8) is 0 Å². The molecule has 0 spiro atoms. The number of benzene rings is 2. The number of amides is 1. The molecule has 0 unspecified atom stereocenters. The van der Waals surface area contributed by atoms with Crippen molar-refractivity contribution in [2.24, 2.45) is 0 Å². The van der Waals surface area contributed by atoms with Crippen LogP contribution in [0.1, 0.15) is 42.4 Å². The third-order valence-corrected chi connectivity index (χ3v) is 4.49. The summed E-state index contributed by atoms with van der Waals surface area (Å²) < 4.78 is 0. The number of nitrogens with one attached hydrogen (secondary N) is 2. The van der Waals surface area contributed by atoms with E-state index in [1.807, 2.05) is 48.5 Å². The molecule has 3 aromatic rings. The van der Waals surface area contributed by atoms with E-state index < -0.39 is 0 Å². The smallest absolute Gasteiger partial charge is 0.274 e. The Labute approximate surface area is 170 Å². The Balaban J connectivity index is 1.72. The van der Waals surface area contributed by atoms with Crippen molar-refractivity contribution in [2.75, 3.05) is 10.6 Å². The minimum absolute atomic E-state index is 0.0825. The van der Waals surface area contributed by atoms with E-state index in [1.165, 1.54) is 0 Å². The molecule has 0 saturated heterocycles. The second-order valence-corrected chi connectivity index (χ2v) is 7.93. The van der Waals surface area contributed by atoms with Gasteiger partial charge in [-0.15, -0.1) is 0 Å². The van der Waals surface area contributed by atoms with Crippen LogP contribution >= 0.6 is 11.6 Å². The predicted molar refractivity (Wildman–Crippen MR) is 114 cm³/mol. The molecule has 1 aromatic heterocycles. The van der Waals surface area contributed by atoms with E-state index in [9.17, 15) is 4.79 Å². The molecule has 0 bridgehead atoms. The van der Waals surface area contributed by atoms with Crippen LogP contribution in [0.5, 0.6) is 0 Å². The minimum Gasteiger partial charge on any atom is -0.350 e. The molecule has 3 rings (SSSR count). The third-order valence-electron chi connectivity index (χ3n) is 4.24. The van der Waals surface area contributed by atoms with Gasteiger partial charge in [0, 0.05) is 23.5 Å². The number of carbonyl (C=O) groups excluding carboxylic acids is 1. The highest BCUT2D eigenvalue weighted by Crippen LogP contribution is 2.29. The Kier molecular flexibility index (Phi) is 5.95. The Hall–Kier alpha value is -2.92. The summed E-state index contributed by atoms with van der Waals surface area (Å²) in [6, 6.07) is 16.9. The fourth-order valence-corrected chi connectivity index (χ4v) is 2.91. The first-order valence-corrected chi connectivity index (χ1v) is 9.43. The van der Waals surface area contributed by atoms with Gasteiger partial charge in [-0.1, -0.05) is 62.7 Å². The van der Waals surface area contributed by atoms with Crippen LogP contribution in [0.15, 0.2) is 60.8 Å². The van der Waals surface area contributed by atoms with E-state index in [2.05, 4.69) is 41.4 Å². The van der Waals surface area contributed by atoms with Gasteiger partial charge in [-0.05, 0) is 40.8 Å². The van der Waals surface area contributed by atoms with Gasteiger partial charge in [0.2, 0.25) is 5.95 Å². The SMILES string of the molecule is CC(C)(C)c1ccccc1NC(=O)c1ccnc(NCc2ccc(Cl)cc2)n1. The monoisotopic (exact) mass is 394 g/mol. The van der Waals surface area contributed by atoms with E-state index in [-0.39, 0.29) is 11.3 Å². The van der Waals surface area contributed by atoms with Gasteiger partial charge in [-0.3, -0.25) is 4.79 Å². The van der Waals surface area contributed by atoms with Crippen LogP contribution in [0.4, 0.5) is 11.6 Å². The van der Waals surface area contributed by atoms with E-state index in [4.69, 9.17) is 11.6 Å². The fraction of sp³-hybridized carbons (Fsp3) is 0.227. The number of hydrogen-bond donors (Lipinski definition) is 2. The zero-order chi connectivity index (χ0) is 20.1. The van der Waals surface area contributed by atoms with Crippen LogP contribution in [-0.2, 0) is 12.0 Å². The lowest BCUT2D eigenvalue weighted by Gasteiger charge is -2.22. The van der Waals surface area contributed by atoms with E-state index in [1.54, 1.807) is 12.3 Å². The number of rotatable bonds is 5. The highest BCUT2D eigenvalue weighted by Gasteiger charge is 2.19. The second-order valence-electron chi connectivity index (χ2n) is 7.50. The molecule has 0 fully saturated rings. The molecule has 0 radical (unpaired) electrons. The molecule has 1 heterocycles. The largest absolute Gasteiger partial charge is 0.350 e. The van der Waals surface area contributed by atoms with Crippen molar-refractivity contribution in [3.8, 4) is 0 Å². The molecule has 28 heavy (non-hydrogen) atoms. The quantitative estimate of drug-likeness (QED) is 0.616. The lowest BCUT2D eigenvalue weighted by atomic mass is 9.86. The average molecular weight is 395 g/mol. The first-order chi connectivity index (χ1) is 13.3. The van der Waals surface area contributed by atoms with Crippen LogP contribution in [0.25, 0.3) is 0 Å². The lowest BCUT2D eigenvalue weighted by Crippen LogP contribution is -2.20. The maximum absolute atomic E-state index is 12.7. The molecular formula is C22H23ClN4O. The Morgan fingerprint density at radius 3 is 2.46 bits per heavy atom. The third kappa shape index (κ3) is 5.08. The highest BCUT2D eigenvalue weighted by atomic mass is 35.5. The molecule has 0 aliphatic rings. The number of para-hydroxylation sites is 1. The number of aromatic nitrogens is 2. The minimum atomic E-state index is -0.270. The van der Waals surface area contributed by atoms with Crippen molar-refractivity contribution < 1.29 is 4.79 Å². The summed E-state index contributed by atoms with van der Waals surface area (Å²) >= 11 is 5.90. The molecule has 0 atom stereocenters. The first-order valence-electron chi connectivity index (χ1n) is 9.05. The molecule has 0 aliphatic carbocycles. The molecule has 5 nitrogen and oxygen atoms in total. The van der Waals surface area contributed by atoms with Gasteiger partial charge in [0.1, 0.15) is 5.69 Å². The van der Waals surface area contributed by atoms with Gasteiger partial charge < -0.3 is 10.6 Å². The van der Waals surface area contributed by atoms with Gasteiger partial charge in [-0.2, -0.15) is 0 Å². The molecular weight excluding hydrogens is 372 g/mol. The van der Waals surface area contributed by atoms with Crippen molar-refractivity contribution in [2.45, 2.75) is 32.7 Å². The molecule has 1 amide bonds. The molecule has 0 aliphatic heterocycles. The number of nitrogens with zero attached hydrogens (tertiary/aromatic N) is 2. The number of hydrogen-bond acceptors (Lipinski definition) is 4. The Bertz CT molecular complexity index is 965. The lowest BCUT2D eigenvalue weighted by molar-refractivity contribution is 0.102. The predicted octanol–water partition coefficient (Wildman–Crippen LogP) is 5.29. The number of halogens is 1. The van der Waals surface area contributed by atoms with E-state index >= 15 is 0 Å². The zero-order valence-corrected chi connectivity index (χ0v) is 16.9. The van der Waals surface area contributed by atoms with Gasteiger partial charge in [-0.25, -0.2) is 9.97 Å². The van der Waals surface area contributed by atoms with Crippen molar-refractivity contribution >= 4 is 29.1 Å². The Morgan fingerprint density at radius 2 is 1.75 bits per heavy atom. The van der Waals surface area contributed by atoms with Gasteiger partial charge in [0.05, 0.1) is 0 Å². The van der Waals surface area contributed by atoms with Crippen LogP contribution < -0.4 is 10.6 Å². The average Bonchev–Trinajstić information content (AvgIpc) is 2.67. The summed E-state index contributed by atoms with van der Waals surface area (Å²) in [6.45, 7) is 6.87. The second kappa shape index (κ2) is 8.40. The summed E-state index contributed by atoms with van der Waals surface area (Å²) in [4.78, 5) is 21.2. The normalized spacial score (nSPS) is 11.1. The van der Waals surface area contributed by atoms with Crippen molar-refractivity contribution in [3.05, 3.63) is 82.6 Å². The Morgan fingerprint density at radius 1 is 1.04 bits per heavy atom. The maximum atomic E-state index is 12.7. The maximum Gasteiger partial charge on any atom is 0.274 e. The fourth-order valence-electron chi connectivity index (χ4n) is 2.79. The number of anilines is 2. The van der Waals surface area contributed by atoms with Gasteiger partial charge in [0.25, 0.3) is 5.91 Å². The summed E-state index contributed by atoms with van der Waals surface area (Å²) in [7, 11) is 0. The highest BCUT2D eigenvalue weighted by molar-refractivity contribution is 6.30. The van der Waals surface area contributed by atoms with Crippen molar-refractivity contribution in [1.29, 1.82) is 0 Å². The molecule has 0 saturated carbocycles. The zero-order valence-electron chi connectivity index (χ0n) is 16.2. The molecule has 2 N–H and O–H groups in total. The van der Waals surface area contributed by atoms with Crippen LogP contribution in [0.3, 0.4) is 0 Å². The summed E-state index contributed by atoms with van der Waals surface area (Å²) in [5.41, 5.74) is 3.12. The van der Waals surface area contributed by atoms with E-state index in [0.29, 0.717) is 23.2 Å². The van der Waals surface area contributed by atoms with Crippen LogP contribution in [-0.4, -0.2) is 15.9 Å². The first kappa shape index (κ1) is 19.8. The van der Waals surface area contributed by atoms with Gasteiger partial charge >= 0.3 is 0 Å². The summed E-state index contributed by atoms with van der Waals surface area (Å²) in [6.07, 6.45) is 1.57.